The number of thioether (sulfide) groups is 1. The van der Waals surface area contributed by atoms with Crippen LogP contribution in [0.1, 0.15) is 6.92 Å². The molecule has 22 heavy (non-hydrogen) atoms. The van der Waals surface area contributed by atoms with Crippen LogP contribution in [0.4, 0.5) is 5.69 Å². The van der Waals surface area contributed by atoms with Crippen LogP contribution in [0, 0.1) is 0 Å². The molecule has 2 aromatic rings. The van der Waals surface area contributed by atoms with Crippen molar-refractivity contribution in [1.82, 2.24) is 14.8 Å². The largest absolute Gasteiger partial charge is 0.497 e. The van der Waals surface area contributed by atoms with Crippen LogP contribution in [-0.2, 0) is 11.3 Å². The summed E-state index contributed by atoms with van der Waals surface area (Å²) in [5, 5.41) is 11.1. The van der Waals surface area contributed by atoms with E-state index < -0.39 is 0 Å². The van der Waals surface area contributed by atoms with E-state index in [9.17, 15) is 4.79 Å². The lowest BCUT2D eigenvalue weighted by molar-refractivity contribution is -0.115. The standard InChI is InChI=1S/C15H18N4O2S/c1-4-9-19-10-16-18-15(19)22-11(2)14(20)17-12-5-7-13(21-3)8-6-12/h4-8,10-11H,1,9H2,2-3H3,(H,17,20)/t11-/m0/s1. The van der Waals surface area contributed by atoms with E-state index in [1.54, 1.807) is 43.8 Å². The molecule has 0 saturated carbocycles. The first-order chi connectivity index (χ1) is 10.6. The predicted octanol–water partition coefficient (Wildman–Crippen LogP) is 2.59. The van der Waals surface area contributed by atoms with Crippen molar-refractivity contribution in [3.63, 3.8) is 0 Å². The van der Waals surface area contributed by atoms with E-state index >= 15 is 0 Å². The summed E-state index contributed by atoms with van der Waals surface area (Å²) in [7, 11) is 1.60. The van der Waals surface area contributed by atoms with Gasteiger partial charge in [-0.05, 0) is 31.2 Å². The van der Waals surface area contributed by atoms with E-state index in [0.717, 1.165) is 11.4 Å². The topological polar surface area (TPSA) is 69.0 Å². The number of rotatable bonds is 7. The lowest BCUT2D eigenvalue weighted by Crippen LogP contribution is -2.22. The molecule has 2 rings (SSSR count). The van der Waals surface area contributed by atoms with Crippen molar-refractivity contribution < 1.29 is 9.53 Å². The third-order valence-corrected chi connectivity index (χ3v) is 4.01. The zero-order chi connectivity index (χ0) is 15.9. The van der Waals surface area contributed by atoms with Crippen molar-refractivity contribution in [3.8, 4) is 5.75 Å². The molecule has 0 aliphatic heterocycles. The second-order valence-electron chi connectivity index (χ2n) is 4.53. The van der Waals surface area contributed by atoms with Gasteiger partial charge in [-0.2, -0.15) is 0 Å². The van der Waals surface area contributed by atoms with Crippen molar-refractivity contribution >= 4 is 23.4 Å². The highest BCUT2D eigenvalue weighted by Crippen LogP contribution is 2.22. The van der Waals surface area contributed by atoms with Gasteiger partial charge in [0, 0.05) is 12.2 Å². The molecule has 0 unspecified atom stereocenters. The minimum absolute atomic E-state index is 0.0941. The van der Waals surface area contributed by atoms with Crippen molar-refractivity contribution in [3.05, 3.63) is 43.2 Å². The number of amides is 1. The Morgan fingerprint density at radius 2 is 2.23 bits per heavy atom. The molecule has 0 fully saturated rings. The third kappa shape index (κ3) is 4.11. The van der Waals surface area contributed by atoms with Crippen molar-refractivity contribution in [2.45, 2.75) is 23.9 Å². The molecule has 1 amide bonds. The Bertz CT molecular complexity index is 639. The van der Waals surface area contributed by atoms with Crippen LogP contribution in [0.2, 0.25) is 0 Å². The van der Waals surface area contributed by atoms with Gasteiger partial charge >= 0.3 is 0 Å². The molecular weight excluding hydrogens is 300 g/mol. The lowest BCUT2D eigenvalue weighted by Gasteiger charge is -2.12. The SMILES string of the molecule is C=CCn1cnnc1S[C@@H](C)C(=O)Nc1ccc(OC)cc1. The average Bonchev–Trinajstić information content (AvgIpc) is 2.95. The van der Waals surface area contributed by atoms with Gasteiger partial charge in [0.1, 0.15) is 12.1 Å². The Hall–Kier alpha value is -2.28. The van der Waals surface area contributed by atoms with Gasteiger partial charge in [-0.3, -0.25) is 4.79 Å². The molecule has 0 radical (unpaired) electrons. The summed E-state index contributed by atoms with van der Waals surface area (Å²) in [4.78, 5) is 12.2. The van der Waals surface area contributed by atoms with Crippen LogP contribution in [0.15, 0.2) is 48.4 Å². The van der Waals surface area contributed by atoms with E-state index in [1.807, 2.05) is 11.5 Å². The molecular formula is C15H18N4O2S. The number of benzene rings is 1. The number of ether oxygens (including phenoxy) is 1. The van der Waals surface area contributed by atoms with Crippen molar-refractivity contribution in [2.24, 2.45) is 0 Å². The molecule has 0 bridgehead atoms. The molecule has 0 aliphatic carbocycles. The summed E-state index contributed by atoms with van der Waals surface area (Å²) in [5.41, 5.74) is 0.728. The fraction of sp³-hybridized carbons (Fsp3) is 0.267. The summed E-state index contributed by atoms with van der Waals surface area (Å²) in [6.45, 7) is 6.13. The maximum Gasteiger partial charge on any atom is 0.237 e. The minimum atomic E-state index is -0.296. The summed E-state index contributed by atoms with van der Waals surface area (Å²) in [6, 6.07) is 7.20. The monoisotopic (exact) mass is 318 g/mol. The average molecular weight is 318 g/mol. The third-order valence-electron chi connectivity index (χ3n) is 2.91. The van der Waals surface area contributed by atoms with Gasteiger partial charge in [0.15, 0.2) is 5.16 Å². The molecule has 1 atom stereocenters. The Kier molecular flexibility index (Phi) is 5.60. The first kappa shape index (κ1) is 16.1. The zero-order valence-electron chi connectivity index (χ0n) is 12.5. The predicted molar refractivity (Wildman–Crippen MR) is 87.2 cm³/mol. The molecule has 7 heteroatoms. The number of nitrogens with one attached hydrogen (secondary N) is 1. The summed E-state index contributed by atoms with van der Waals surface area (Å²) >= 11 is 1.36. The van der Waals surface area contributed by atoms with Crippen molar-refractivity contribution in [2.75, 3.05) is 12.4 Å². The zero-order valence-corrected chi connectivity index (χ0v) is 13.3. The normalized spacial score (nSPS) is 11.7. The van der Waals surface area contributed by atoms with Gasteiger partial charge in [0.2, 0.25) is 5.91 Å². The summed E-state index contributed by atoms with van der Waals surface area (Å²) in [6.07, 6.45) is 3.38. The van der Waals surface area contributed by atoms with Gasteiger partial charge in [-0.25, -0.2) is 0 Å². The number of allylic oxidation sites excluding steroid dienone is 1. The molecule has 1 heterocycles. The summed E-state index contributed by atoms with van der Waals surface area (Å²) < 4.78 is 6.93. The Balaban J connectivity index is 1.96. The van der Waals surface area contributed by atoms with Crippen LogP contribution < -0.4 is 10.1 Å². The van der Waals surface area contributed by atoms with Crippen molar-refractivity contribution in [1.29, 1.82) is 0 Å². The smallest absolute Gasteiger partial charge is 0.237 e. The number of carbonyl (C=O) groups excluding carboxylic acids is 1. The van der Waals surface area contributed by atoms with E-state index in [0.29, 0.717) is 11.7 Å². The molecule has 6 nitrogen and oxygen atoms in total. The Labute approximate surface area is 133 Å². The van der Waals surface area contributed by atoms with E-state index in [-0.39, 0.29) is 11.2 Å². The minimum Gasteiger partial charge on any atom is -0.497 e. The van der Waals surface area contributed by atoms with Gasteiger partial charge < -0.3 is 14.6 Å². The number of hydrogen-bond acceptors (Lipinski definition) is 5. The van der Waals surface area contributed by atoms with Crippen LogP contribution in [0.5, 0.6) is 5.75 Å². The Morgan fingerprint density at radius 1 is 1.50 bits per heavy atom. The number of methoxy groups -OCH3 is 1. The summed E-state index contributed by atoms with van der Waals surface area (Å²) in [5.74, 6) is 0.654. The number of carbonyl (C=O) groups is 1. The fourth-order valence-electron chi connectivity index (χ4n) is 1.73. The van der Waals surface area contributed by atoms with Crippen LogP contribution >= 0.6 is 11.8 Å². The second-order valence-corrected chi connectivity index (χ2v) is 5.84. The second kappa shape index (κ2) is 7.65. The Morgan fingerprint density at radius 3 is 2.86 bits per heavy atom. The number of nitrogens with zero attached hydrogens (tertiary/aromatic N) is 3. The molecule has 116 valence electrons. The van der Waals surface area contributed by atoms with Gasteiger partial charge in [-0.15, -0.1) is 16.8 Å². The maximum absolute atomic E-state index is 12.2. The number of hydrogen-bond donors (Lipinski definition) is 1. The van der Waals surface area contributed by atoms with Gasteiger partial charge in [0.05, 0.1) is 12.4 Å². The highest BCUT2D eigenvalue weighted by molar-refractivity contribution is 8.00. The molecule has 0 spiro atoms. The molecule has 0 saturated heterocycles. The first-order valence-corrected chi connectivity index (χ1v) is 7.62. The highest BCUT2D eigenvalue weighted by Gasteiger charge is 2.17. The number of aromatic nitrogens is 3. The quantitative estimate of drug-likeness (QED) is 0.628. The van der Waals surface area contributed by atoms with Crippen LogP contribution in [0.3, 0.4) is 0 Å². The molecule has 1 N–H and O–H groups in total. The van der Waals surface area contributed by atoms with E-state index in [4.69, 9.17) is 4.74 Å². The van der Waals surface area contributed by atoms with Crippen LogP contribution in [0.25, 0.3) is 0 Å². The fourth-order valence-corrected chi connectivity index (χ4v) is 2.56. The van der Waals surface area contributed by atoms with E-state index in [2.05, 4.69) is 22.1 Å². The van der Waals surface area contributed by atoms with Crippen LogP contribution in [-0.4, -0.2) is 33.0 Å². The van der Waals surface area contributed by atoms with Gasteiger partial charge in [-0.1, -0.05) is 17.8 Å². The first-order valence-electron chi connectivity index (χ1n) is 6.74. The number of anilines is 1. The highest BCUT2D eigenvalue weighted by atomic mass is 32.2. The van der Waals surface area contributed by atoms with Gasteiger partial charge in [0.25, 0.3) is 0 Å². The molecule has 0 aliphatic rings. The maximum atomic E-state index is 12.2. The lowest BCUT2D eigenvalue weighted by atomic mass is 10.3. The molecule has 1 aromatic heterocycles. The molecule has 1 aromatic carbocycles. The van der Waals surface area contributed by atoms with E-state index in [1.165, 1.54) is 11.8 Å².